The molecule has 0 radical (unpaired) electrons. The summed E-state index contributed by atoms with van der Waals surface area (Å²) >= 11 is 0. The summed E-state index contributed by atoms with van der Waals surface area (Å²) in [6, 6.07) is -0.189. The van der Waals surface area contributed by atoms with Gasteiger partial charge in [-0.25, -0.2) is 0 Å². The maximum atomic E-state index is 11.8. The van der Waals surface area contributed by atoms with Gasteiger partial charge in [-0.05, 0) is 12.8 Å². The average molecular weight is 248 g/mol. The number of aliphatic hydroxyl groups is 1. The van der Waals surface area contributed by atoms with E-state index < -0.39 is 29.0 Å². The van der Waals surface area contributed by atoms with Crippen LogP contribution in [0.3, 0.4) is 0 Å². The molecule has 1 fully saturated rings. The van der Waals surface area contributed by atoms with Crippen molar-refractivity contribution in [3.05, 3.63) is 0 Å². The van der Waals surface area contributed by atoms with Crippen LogP contribution in [0, 0.1) is 0 Å². The Bertz CT molecular complexity index is 312. The lowest BCUT2D eigenvalue weighted by Crippen LogP contribution is -2.45. The van der Waals surface area contributed by atoms with Gasteiger partial charge in [0, 0.05) is 12.6 Å². The molecule has 0 saturated heterocycles. The van der Waals surface area contributed by atoms with E-state index in [1.165, 1.54) is 0 Å². The van der Waals surface area contributed by atoms with E-state index >= 15 is 0 Å². The molecule has 1 atom stereocenters. The van der Waals surface area contributed by atoms with E-state index in [4.69, 9.17) is 5.11 Å². The Balaban J connectivity index is 2.35. The quantitative estimate of drug-likeness (QED) is 0.613. The number of hydrogen-bond acceptors (Lipinski definition) is 3. The van der Waals surface area contributed by atoms with Crippen LogP contribution in [-0.4, -0.2) is 38.4 Å². The highest BCUT2D eigenvalue weighted by Gasteiger charge is 2.39. The zero-order chi connectivity index (χ0) is 11.7. The van der Waals surface area contributed by atoms with Crippen molar-refractivity contribution in [2.45, 2.75) is 31.2 Å². The predicted molar refractivity (Wildman–Crippen MR) is 45.1 cm³/mol. The second kappa shape index (κ2) is 4.24. The van der Waals surface area contributed by atoms with Crippen LogP contribution >= 0.6 is 0 Å². The van der Waals surface area contributed by atoms with E-state index in [1.807, 2.05) is 0 Å². The molecule has 0 aromatic rings. The van der Waals surface area contributed by atoms with E-state index in [1.54, 1.807) is 4.72 Å². The largest absolute Gasteiger partial charge is 0.415 e. The number of alkyl halides is 3. The molecular weight excluding hydrogens is 237 g/mol. The van der Waals surface area contributed by atoms with Crippen molar-refractivity contribution in [1.82, 2.24) is 9.44 Å². The third-order valence-electron chi connectivity index (χ3n) is 1.74. The first kappa shape index (κ1) is 12.7. The Kier molecular flexibility index (Phi) is 3.59. The van der Waals surface area contributed by atoms with E-state index in [0.29, 0.717) is 12.8 Å². The Morgan fingerprint density at radius 1 is 1.40 bits per heavy atom. The van der Waals surface area contributed by atoms with Crippen LogP contribution in [0.4, 0.5) is 13.2 Å². The summed E-state index contributed by atoms with van der Waals surface area (Å²) < 4.78 is 61.2. The number of aliphatic hydroxyl groups excluding tert-OH is 1. The molecule has 0 bridgehead atoms. The Labute approximate surface area is 84.8 Å². The third-order valence-corrected chi connectivity index (χ3v) is 2.93. The van der Waals surface area contributed by atoms with Crippen molar-refractivity contribution >= 4 is 10.2 Å². The van der Waals surface area contributed by atoms with Crippen LogP contribution in [0.5, 0.6) is 0 Å². The van der Waals surface area contributed by atoms with Crippen molar-refractivity contribution < 1.29 is 26.7 Å². The van der Waals surface area contributed by atoms with Gasteiger partial charge in [0.25, 0.3) is 10.2 Å². The molecule has 0 aromatic carbocycles. The summed E-state index contributed by atoms with van der Waals surface area (Å²) in [4.78, 5) is 0. The molecule has 1 rings (SSSR count). The monoisotopic (exact) mass is 248 g/mol. The Morgan fingerprint density at radius 2 is 1.93 bits per heavy atom. The molecule has 3 N–H and O–H groups in total. The fourth-order valence-corrected chi connectivity index (χ4v) is 1.90. The van der Waals surface area contributed by atoms with Crippen LogP contribution < -0.4 is 9.44 Å². The van der Waals surface area contributed by atoms with Crippen molar-refractivity contribution in [3.8, 4) is 0 Å². The number of halogens is 3. The number of nitrogens with one attached hydrogen (secondary N) is 2. The van der Waals surface area contributed by atoms with E-state index in [9.17, 15) is 21.6 Å². The van der Waals surface area contributed by atoms with Crippen LogP contribution in [0.1, 0.15) is 12.8 Å². The topological polar surface area (TPSA) is 78.4 Å². The van der Waals surface area contributed by atoms with Crippen LogP contribution in [0.25, 0.3) is 0 Å². The summed E-state index contributed by atoms with van der Waals surface area (Å²) in [5, 5.41) is 8.52. The first-order chi connectivity index (χ1) is 6.71. The fraction of sp³-hybridized carbons (Fsp3) is 1.00. The third kappa shape index (κ3) is 4.78. The minimum Gasteiger partial charge on any atom is -0.382 e. The minimum atomic E-state index is -4.82. The van der Waals surface area contributed by atoms with Crippen molar-refractivity contribution in [3.63, 3.8) is 0 Å². The van der Waals surface area contributed by atoms with Gasteiger partial charge in [-0.3, -0.25) is 0 Å². The van der Waals surface area contributed by atoms with Gasteiger partial charge in [-0.15, -0.1) is 0 Å². The smallest absolute Gasteiger partial charge is 0.382 e. The second-order valence-corrected chi connectivity index (χ2v) is 4.83. The lowest BCUT2D eigenvalue weighted by molar-refractivity contribution is -0.200. The average Bonchev–Trinajstić information content (AvgIpc) is 2.81. The van der Waals surface area contributed by atoms with Gasteiger partial charge >= 0.3 is 6.18 Å². The van der Waals surface area contributed by atoms with Gasteiger partial charge in [0.2, 0.25) is 0 Å². The van der Waals surface area contributed by atoms with Gasteiger partial charge in [-0.2, -0.15) is 31.0 Å². The molecule has 1 saturated carbocycles. The summed E-state index contributed by atoms with van der Waals surface area (Å²) in [6.07, 6.45) is -6.14. The second-order valence-electron chi connectivity index (χ2n) is 3.30. The van der Waals surface area contributed by atoms with Gasteiger partial charge in [0.1, 0.15) is 0 Å². The first-order valence-corrected chi connectivity index (χ1v) is 5.71. The molecule has 90 valence electrons. The zero-order valence-electron chi connectivity index (χ0n) is 7.58. The highest BCUT2D eigenvalue weighted by Crippen LogP contribution is 2.20. The van der Waals surface area contributed by atoms with E-state index in [0.717, 1.165) is 0 Å². The van der Waals surface area contributed by atoms with Crippen molar-refractivity contribution in [2.75, 3.05) is 6.54 Å². The van der Waals surface area contributed by atoms with Crippen LogP contribution in [0.2, 0.25) is 0 Å². The highest BCUT2D eigenvalue weighted by molar-refractivity contribution is 7.87. The fourth-order valence-electron chi connectivity index (χ4n) is 0.767. The Hall–Kier alpha value is -0.380. The SMILES string of the molecule is O=S(=O)(NCC(O)C(F)(F)F)NC1CC1. The normalized spacial score (nSPS) is 20.3. The first-order valence-electron chi connectivity index (χ1n) is 4.22. The molecule has 0 heterocycles. The van der Waals surface area contributed by atoms with Gasteiger partial charge in [0.05, 0.1) is 0 Å². The number of rotatable bonds is 5. The lowest BCUT2D eigenvalue weighted by Gasteiger charge is -2.15. The molecule has 1 aliphatic carbocycles. The maximum Gasteiger partial charge on any atom is 0.415 e. The molecule has 0 amide bonds. The van der Waals surface area contributed by atoms with Crippen LogP contribution in [0.15, 0.2) is 0 Å². The standard InChI is InChI=1S/C6H11F3N2O3S/c7-6(8,9)5(12)3-10-15(13,14)11-4-1-2-4/h4-5,10-12H,1-3H2. The Morgan fingerprint density at radius 3 is 2.33 bits per heavy atom. The van der Waals surface area contributed by atoms with Crippen molar-refractivity contribution in [2.24, 2.45) is 0 Å². The lowest BCUT2D eigenvalue weighted by atomic mass is 10.4. The summed E-state index contributed by atoms with van der Waals surface area (Å²) in [5.74, 6) is 0. The van der Waals surface area contributed by atoms with E-state index in [2.05, 4.69) is 4.72 Å². The molecule has 0 aliphatic heterocycles. The highest BCUT2D eigenvalue weighted by atomic mass is 32.2. The molecule has 1 unspecified atom stereocenters. The molecule has 1 aliphatic rings. The molecule has 0 spiro atoms. The number of hydrogen-bond donors (Lipinski definition) is 3. The summed E-state index contributed by atoms with van der Waals surface area (Å²) in [7, 11) is -3.93. The minimum absolute atomic E-state index is 0.189. The van der Waals surface area contributed by atoms with Crippen molar-refractivity contribution in [1.29, 1.82) is 0 Å². The molecule has 5 nitrogen and oxygen atoms in total. The molecule has 15 heavy (non-hydrogen) atoms. The molecular formula is C6H11F3N2O3S. The van der Waals surface area contributed by atoms with E-state index in [-0.39, 0.29) is 6.04 Å². The van der Waals surface area contributed by atoms with Gasteiger partial charge < -0.3 is 5.11 Å². The maximum absolute atomic E-state index is 11.8. The zero-order valence-corrected chi connectivity index (χ0v) is 8.40. The summed E-state index contributed by atoms with van der Waals surface area (Å²) in [5.41, 5.74) is 0. The molecule has 0 aromatic heterocycles. The predicted octanol–water partition coefficient (Wildman–Crippen LogP) is -0.504. The van der Waals surface area contributed by atoms with Crippen LogP contribution in [-0.2, 0) is 10.2 Å². The molecule has 9 heteroatoms. The van der Waals surface area contributed by atoms with Gasteiger partial charge in [0.15, 0.2) is 6.10 Å². The van der Waals surface area contributed by atoms with Gasteiger partial charge in [-0.1, -0.05) is 0 Å². The summed E-state index contributed by atoms with van der Waals surface area (Å²) in [6.45, 7) is -1.08.